The molecule has 1 spiro atoms. The maximum atomic E-state index is 13.0. The van der Waals surface area contributed by atoms with Gasteiger partial charge in [-0.2, -0.15) is 5.06 Å². The molecule has 0 bridgehead atoms. The van der Waals surface area contributed by atoms with Crippen LogP contribution in [0.25, 0.3) is 5.57 Å². The fraction of sp³-hybridized carbons (Fsp3) is 0.545. The van der Waals surface area contributed by atoms with Crippen LogP contribution in [0.3, 0.4) is 0 Å². The number of hydroxylamine groups is 2. The summed E-state index contributed by atoms with van der Waals surface area (Å²) < 4.78 is 11.8. The van der Waals surface area contributed by atoms with Crippen LogP contribution in [-0.2, 0) is 23.9 Å². The van der Waals surface area contributed by atoms with Crippen molar-refractivity contribution >= 4 is 17.5 Å². The molecule has 1 aromatic carbocycles. The number of hydrogen-bond acceptors (Lipinski definition) is 6. The summed E-state index contributed by atoms with van der Waals surface area (Å²) in [6, 6.07) is 5.90. The lowest BCUT2D eigenvalue weighted by Gasteiger charge is -2.38. The lowest BCUT2D eigenvalue weighted by atomic mass is 9.87. The first-order chi connectivity index (χ1) is 13.1. The summed E-state index contributed by atoms with van der Waals surface area (Å²) in [4.78, 5) is 31.0. The molecule has 0 aliphatic carbocycles. The third-order valence-electron chi connectivity index (χ3n) is 5.39. The average Bonchev–Trinajstić information content (AvgIpc) is 2.88. The lowest BCUT2D eigenvalue weighted by molar-refractivity contribution is -0.186. The molecule has 0 unspecified atom stereocenters. The fourth-order valence-corrected chi connectivity index (χ4v) is 3.58. The zero-order valence-corrected chi connectivity index (χ0v) is 17.5. The van der Waals surface area contributed by atoms with E-state index in [0.717, 1.165) is 16.7 Å². The van der Waals surface area contributed by atoms with Crippen LogP contribution < -0.4 is 0 Å². The molecule has 1 aromatic rings. The monoisotopic (exact) mass is 387 g/mol. The van der Waals surface area contributed by atoms with E-state index in [-0.39, 0.29) is 5.97 Å². The van der Waals surface area contributed by atoms with Crippen LogP contribution in [0.1, 0.15) is 50.3 Å². The van der Waals surface area contributed by atoms with Gasteiger partial charge < -0.3 is 14.3 Å². The molecule has 1 fully saturated rings. The molecule has 0 amide bonds. The average molecular weight is 387 g/mol. The first-order valence-corrected chi connectivity index (χ1v) is 9.64. The molecular weight excluding hydrogens is 358 g/mol. The van der Waals surface area contributed by atoms with E-state index in [4.69, 9.17) is 14.3 Å². The highest BCUT2D eigenvalue weighted by atomic mass is 16.7. The van der Waals surface area contributed by atoms with Gasteiger partial charge in [0, 0.05) is 25.9 Å². The molecule has 0 saturated carbocycles. The SMILES string of the molecule is CON1CCC2(CC1)OC(=O)C(c1cc(C)ccc1C)=C2OC(=O)C(C)(C)C. The number of carbonyl (C=O) groups is 2. The van der Waals surface area contributed by atoms with Crippen LogP contribution in [0.2, 0.25) is 0 Å². The van der Waals surface area contributed by atoms with Crippen LogP contribution in [0.5, 0.6) is 0 Å². The van der Waals surface area contributed by atoms with Crippen molar-refractivity contribution in [3.8, 4) is 0 Å². The topological polar surface area (TPSA) is 65.1 Å². The second kappa shape index (κ2) is 7.33. The highest BCUT2D eigenvalue weighted by Gasteiger charge is 2.53. The number of esters is 2. The maximum Gasteiger partial charge on any atom is 0.343 e. The normalized spacial score (nSPS) is 19.9. The summed E-state index contributed by atoms with van der Waals surface area (Å²) in [6.45, 7) is 10.5. The molecule has 0 atom stereocenters. The first kappa shape index (κ1) is 20.6. The van der Waals surface area contributed by atoms with Crippen LogP contribution in [0.15, 0.2) is 24.0 Å². The van der Waals surface area contributed by atoms with Gasteiger partial charge >= 0.3 is 11.9 Å². The largest absolute Gasteiger partial charge is 0.447 e. The number of hydrogen-bond donors (Lipinski definition) is 0. The van der Waals surface area contributed by atoms with Crippen molar-refractivity contribution in [1.82, 2.24) is 5.06 Å². The molecule has 1 saturated heterocycles. The fourth-order valence-electron chi connectivity index (χ4n) is 3.58. The summed E-state index contributed by atoms with van der Waals surface area (Å²) >= 11 is 0. The van der Waals surface area contributed by atoms with E-state index in [9.17, 15) is 9.59 Å². The van der Waals surface area contributed by atoms with Gasteiger partial charge in [-0.1, -0.05) is 23.8 Å². The van der Waals surface area contributed by atoms with Gasteiger partial charge in [0.2, 0.25) is 0 Å². The maximum absolute atomic E-state index is 13.0. The van der Waals surface area contributed by atoms with Crippen molar-refractivity contribution in [2.75, 3.05) is 20.2 Å². The van der Waals surface area contributed by atoms with Gasteiger partial charge in [-0.05, 0) is 45.7 Å². The molecule has 6 heteroatoms. The molecule has 0 radical (unpaired) electrons. The minimum atomic E-state index is -0.932. The van der Waals surface area contributed by atoms with E-state index in [1.807, 2.05) is 37.1 Å². The Hall–Kier alpha value is -2.18. The third kappa shape index (κ3) is 3.71. The van der Waals surface area contributed by atoms with Crippen molar-refractivity contribution in [1.29, 1.82) is 0 Å². The van der Waals surface area contributed by atoms with Gasteiger partial charge in [-0.15, -0.1) is 0 Å². The molecule has 0 N–H and O–H groups in total. The Morgan fingerprint density at radius 2 is 1.82 bits per heavy atom. The first-order valence-electron chi connectivity index (χ1n) is 9.64. The quantitative estimate of drug-likeness (QED) is 0.739. The van der Waals surface area contributed by atoms with E-state index in [1.54, 1.807) is 27.9 Å². The third-order valence-corrected chi connectivity index (χ3v) is 5.39. The van der Waals surface area contributed by atoms with E-state index >= 15 is 0 Å². The molecule has 3 rings (SSSR count). The van der Waals surface area contributed by atoms with E-state index in [2.05, 4.69) is 0 Å². The molecule has 2 heterocycles. The Bertz CT molecular complexity index is 826. The highest BCUT2D eigenvalue weighted by Crippen LogP contribution is 2.46. The zero-order valence-electron chi connectivity index (χ0n) is 17.5. The Morgan fingerprint density at radius 1 is 1.18 bits per heavy atom. The van der Waals surface area contributed by atoms with E-state index in [0.29, 0.717) is 37.3 Å². The molecule has 152 valence electrons. The summed E-state index contributed by atoms with van der Waals surface area (Å²) in [5.41, 5.74) is 1.46. The standard InChI is InChI=1S/C22H29NO5/c1-14-7-8-15(2)16(13-14)17-18(27-20(25)21(3,4)5)22(28-19(17)24)9-11-23(26-6)12-10-22/h7-8,13H,9-12H2,1-6H3. The van der Waals surface area contributed by atoms with Crippen molar-refractivity contribution in [2.24, 2.45) is 5.41 Å². The van der Waals surface area contributed by atoms with Crippen LogP contribution in [0.4, 0.5) is 0 Å². The Balaban J connectivity index is 2.12. The molecule has 6 nitrogen and oxygen atoms in total. The van der Waals surface area contributed by atoms with Gasteiger partial charge in [0.15, 0.2) is 11.4 Å². The number of benzene rings is 1. The predicted molar refractivity (Wildman–Crippen MR) is 105 cm³/mol. The smallest absolute Gasteiger partial charge is 0.343 e. The van der Waals surface area contributed by atoms with Crippen LogP contribution in [-0.4, -0.2) is 42.8 Å². The Labute approximate surface area is 166 Å². The summed E-state index contributed by atoms with van der Waals surface area (Å²) in [5, 5.41) is 1.82. The van der Waals surface area contributed by atoms with Crippen molar-refractivity contribution in [2.45, 2.75) is 53.1 Å². The molecule has 2 aliphatic rings. The van der Waals surface area contributed by atoms with Gasteiger partial charge in [-0.3, -0.25) is 4.79 Å². The Morgan fingerprint density at radius 3 is 2.39 bits per heavy atom. The van der Waals surface area contributed by atoms with Crippen molar-refractivity contribution < 1.29 is 23.9 Å². The second-order valence-electron chi connectivity index (χ2n) is 8.66. The van der Waals surface area contributed by atoms with Gasteiger partial charge in [0.1, 0.15) is 5.57 Å². The number of nitrogens with zero attached hydrogens (tertiary/aromatic N) is 1. The molecule has 28 heavy (non-hydrogen) atoms. The highest BCUT2D eigenvalue weighted by molar-refractivity contribution is 6.20. The summed E-state index contributed by atoms with van der Waals surface area (Å²) in [5.74, 6) is -0.463. The summed E-state index contributed by atoms with van der Waals surface area (Å²) in [7, 11) is 1.62. The van der Waals surface area contributed by atoms with Gasteiger partial charge in [0.25, 0.3) is 0 Å². The Kier molecular flexibility index (Phi) is 5.38. The number of carbonyl (C=O) groups excluding carboxylic acids is 2. The minimum absolute atomic E-state index is 0.349. The number of rotatable bonds is 3. The van der Waals surface area contributed by atoms with Gasteiger partial charge in [0.05, 0.1) is 12.5 Å². The molecule has 2 aliphatic heterocycles. The predicted octanol–water partition coefficient (Wildman–Crippen LogP) is 3.56. The number of aryl methyl sites for hydroxylation is 2. The van der Waals surface area contributed by atoms with Crippen LogP contribution in [0, 0.1) is 19.3 Å². The molecule has 0 aromatic heterocycles. The van der Waals surface area contributed by atoms with Gasteiger partial charge in [-0.25, -0.2) is 4.79 Å². The van der Waals surface area contributed by atoms with Crippen molar-refractivity contribution in [3.63, 3.8) is 0 Å². The van der Waals surface area contributed by atoms with Crippen LogP contribution >= 0.6 is 0 Å². The van der Waals surface area contributed by atoms with E-state index < -0.39 is 17.0 Å². The molecular formula is C22H29NO5. The van der Waals surface area contributed by atoms with Crippen molar-refractivity contribution in [3.05, 3.63) is 40.6 Å². The second-order valence-corrected chi connectivity index (χ2v) is 8.66. The zero-order chi connectivity index (χ0) is 20.7. The summed E-state index contributed by atoms with van der Waals surface area (Å²) in [6.07, 6.45) is 1.02. The lowest BCUT2D eigenvalue weighted by Crippen LogP contribution is -2.46. The van der Waals surface area contributed by atoms with E-state index in [1.165, 1.54) is 0 Å². The minimum Gasteiger partial charge on any atom is -0.447 e. The number of piperidine rings is 1. The number of ether oxygens (including phenoxy) is 2.